The van der Waals surface area contributed by atoms with Crippen molar-refractivity contribution >= 4 is 50.6 Å². The molecule has 5 nitrogen and oxygen atoms in total. The number of rotatable bonds is 4. The smallest absolute Gasteiger partial charge is 0.348 e. The van der Waals surface area contributed by atoms with E-state index in [2.05, 4.69) is 15.3 Å². The normalized spacial score (nSPS) is 11.0. The number of nitrogens with one attached hydrogen (secondary N) is 1. The maximum atomic E-state index is 12.3. The zero-order valence-electron chi connectivity index (χ0n) is 13.5. The molecule has 0 amide bonds. The maximum Gasteiger partial charge on any atom is 0.348 e. The number of aromatic nitrogens is 2. The second-order valence-corrected chi connectivity index (χ2v) is 6.86. The Labute approximate surface area is 148 Å². The summed E-state index contributed by atoms with van der Waals surface area (Å²) in [4.78, 5) is 22.0. The molecule has 0 aliphatic carbocycles. The van der Waals surface area contributed by atoms with Crippen molar-refractivity contribution in [3.8, 4) is 0 Å². The van der Waals surface area contributed by atoms with E-state index in [1.54, 1.807) is 0 Å². The molecule has 0 saturated heterocycles. The minimum absolute atomic E-state index is 0.131. The summed E-state index contributed by atoms with van der Waals surface area (Å²) in [6, 6.07) is 9.64. The van der Waals surface area contributed by atoms with Gasteiger partial charge in [-0.2, -0.15) is 4.98 Å². The van der Waals surface area contributed by atoms with Crippen LogP contribution < -0.4 is 5.32 Å². The zero-order chi connectivity index (χ0) is 17.3. The van der Waals surface area contributed by atoms with Crippen molar-refractivity contribution in [3.63, 3.8) is 0 Å². The van der Waals surface area contributed by atoms with Gasteiger partial charge >= 0.3 is 5.97 Å². The van der Waals surface area contributed by atoms with Crippen molar-refractivity contribution in [1.82, 2.24) is 9.97 Å². The molecule has 0 aliphatic rings. The van der Waals surface area contributed by atoms with Gasteiger partial charge < -0.3 is 10.1 Å². The summed E-state index contributed by atoms with van der Waals surface area (Å²) in [6.07, 6.45) is -0.182. The summed E-state index contributed by atoms with van der Waals surface area (Å²) >= 11 is 7.31. The first-order chi connectivity index (χ1) is 11.5. The first-order valence-electron chi connectivity index (χ1n) is 7.45. The Bertz CT molecular complexity index is 894. The van der Waals surface area contributed by atoms with Crippen LogP contribution in [0.25, 0.3) is 10.2 Å². The molecule has 0 saturated carbocycles. The molecule has 0 spiro atoms. The van der Waals surface area contributed by atoms with Gasteiger partial charge in [-0.05, 0) is 50.1 Å². The molecule has 3 rings (SSSR count). The van der Waals surface area contributed by atoms with Crippen LogP contribution in [0.3, 0.4) is 0 Å². The van der Waals surface area contributed by atoms with Crippen LogP contribution in [0.1, 0.15) is 29.1 Å². The third-order valence-electron chi connectivity index (χ3n) is 3.33. The summed E-state index contributed by atoms with van der Waals surface area (Å²) in [5, 5.41) is 4.15. The second kappa shape index (κ2) is 6.75. The number of ether oxygens (including phenoxy) is 1. The lowest BCUT2D eigenvalue weighted by atomic mass is 10.2. The van der Waals surface area contributed by atoms with Gasteiger partial charge in [0.1, 0.15) is 15.5 Å². The standard InChI is InChI=1S/C17H16ClN3O2S/c1-9(2)23-16(22)13-10(3)12-14(19-11-7-5-4-6-8-11)20-17(18)21-15(12)24-13/h4-9H,1-3H3,(H,19,20,21). The fourth-order valence-electron chi connectivity index (χ4n) is 2.32. The maximum absolute atomic E-state index is 12.3. The lowest BCUT2D eigenvalue weighted by Crippen LogP contribution is -2.11. The molecule has 2 heterocycles. The minimum Gasteiger partial charge on any atom is -0.459 e. The SMILES string of the molecule is Cc1c(C(=O)OC(C)C)sc2nc(Cl)nc(Nc3ccccc3)c12. The number of para-hydroxylation sites is 1. The predicted octanol–water partition coefficient (Wildman–Crippen LogP) is 4.96. The van der Waals surface area contributed by atoms with Crippen molar-refractivity contribution in [2.24, 2.45) is 0 Å². The molecule has 1 N–H and O–H groups in total. The van der Waals surface area contributed by atoms with Crippen LogP contribution in [0.2, 0.25) is 5.28 Å². The Morgan fingerprint density at radius 3 is 2.62 bits per heavy atom. The molecule has 0 atom stereocenters. The van der Waals surface area contributed by atoms with Gasteiger partial charge in [-0.3, -0.25) is 0 Å². The number of esters is 1. The predicted molar refractivity (Wildman–Crippen MR) is 97.4 cm³/mol. The lowest BCUT2D eigenvalue weighted by molar-refractivity contribution is 0.0383. The van der Waals surface area contributed by atoms with Gasteiger partial charge in [0.25, 0.3) is 0 Å². The molecule has 0 unspecified atom stereocenters. The highest BCUT2D eigenvalue weighted by molar-refractivity contribution is 7.20. The van der Waals surface area contributed by atoms with Crippen molar-refractivity contribution in [1.29, 1.82) is 0 Å². The van der Waals surface area contributed by atoms with Crippen LogP contribution in [-0.4, -0.2) is 22.0 Å². The molecule has 1 aromatic carbocycles. The fraction of sp³-hybridized carbons (Fsp3) is 0.235. The van der Waals surface area contributed by atoms with Gasteiger partial charge in [0.2, 0.25) is 5.28 Å². The fourth-order valence-corrected chi connectivity index (χ4v) is 3.61. The molecule has 0 fully saturated rings. The average molecular weight is 362 g/mol. The van der Waals surface area contributed by atoms with Crippen LogP contribution >= 0.6 is 22.9 Å². The van der Waals surface area contributed by atoms with Gasteiger partial charge in [-0.15, -0.1) is 11.3 Å². The molecule has 2 aromatic heterocycles. The molecule has 7 heteroatoms. The van der Waals surface area contributed by atoms with E-state index in [4.69, 9.17) is 16.3 Å². The number of carbonyl (C=O) groups excluding carboxylic acids is 1. The number of aryl methyl sites for hydroxylation is 1. The second-order valence-electron chi connectivity index (χ2n) is 5.52. The van der Waals surface area contributed by atoms with Crippen LogP contribution in [0.15, 0.2) is 30.3 Å². The number of nitrogens with zero attached hydrogens (tertiary/aromatic N) is 2. The number of hydrogen-bond donors (Lipinski definition) is 1. The van der Waals surface area contributed by atoms with E-state index in [0.717, 1.165) is 16.6 Å². The van der Waals surface area contributed by atoms with Gasteiger partial charge in [-0.1, -0.05) is 18.2 Å². The Morgan fingerprint density at radius 2 is 1.96 bits per heavy atom. The number of thiophene rings is 1. The van der Waals surface area contributed by atoms with Crippen molar-refractivity contribution in [2.75, 3.05) is 5.32 Å². The van der Waals surface area contributed by atoms with Crippen LogP contribution in [0.4, 0.5) is 11.5 Å². The number of anilines is 2. The van der Waals surface area contributed by atoms with E-state index < -0.39 is 0 Å². The van der Waals surface area contributed by atoms with E-state index in [-0.39, 0.29) is 17.4 Å². The van der Waals surface area contributed by atoms with Crippen LogP contribution in [-0.2, 0) is 4.74 Å². The summed E-state index contributed by atoms with van der Waals surface area (Å²) in [5.41, 5.74) is 1.67. The first-order valence-corrected chi connectivity index (χ1v) is 8.65. The monoisotopic (exact) mass is 361 g/mol. The third-order valence-corrected chi connectivity index (χ3v) is 4.66. The Balaban J connectivity index is 2.09. The number of carbonyl (C=O) groups is 1. The van der Waals surface area contributed by atoms with E-state index in [1.165, 1.54) is 11.3 Å². The summed E-state index contributed by atoms with van der Waals surface area (Å²) in [7, 11) is 0. The number of halogens is 1. The number of hydrogen-bond acceptors (Lipinski definition) is 6. The van der Waals surface area contributed by atoms with E-state index in [1.807, 2.05) is 51.1 Å². The number of benzene rings is 1. The van der Waals surface area contributed by atoms with Gasteiger partial charge in [0.15, 0.2) is 0 Å². The number of fused-ring (bicyclic) bond motifs is 1. The lowest BCUT2D eigenvalue weighted by Gasteiger charge is -2.08. The summed E-state index contributed by atoms with van der Waals surface area (Å²) < 4.78 is 5.30. The molecule has 0 aliphatic heterocycles. The Kier molecular flexibility index (Phi) is 4.69. The largest absolute Gasteiger partial charge is 0.459 e. The van der Waals surface area contributed by atoms with Gasteiger partial charge in [0, 0.05) is 5.69 Å². The molecular formula is C17H16ClN3O2S. The Hall–Kier alpha value is -2.18. The Morgan fingerprint density at radius 1 is 1.25 bits per heavy atom. The first kappa shape index (κ1) is 16.7. The molecule has 124 valence electrons. The quantitative estimate of drug-likeness (QED) is 0.525. The van der Waals surface area contributed by atoms with Crippen molar-refractivity contribution in [2.45, 2.75) is 26.9 Å². The van der Waals surface area contributed by atoms with E-state index in [9.17, 15) is 4.79 Å². The molecule has 3 aromatic rings. The van der Waals surface area contributed by atoms with Gasteiger partial charge in [-0.25, -0.2) is 9.78 Å². The summed E-state index contributed by atoms with van der Waals surface area (Å²) in [6.45, 7) is 5.50. The topological polar surface area (TPSA) is 64.1 Å². The van der Waals surface area contributed by atoms with Crippen molar-refractivity contribution < 1.29 is 9.53 Å². The molecule has 0 radical (unpaired) electrons. The van der Waals surface area contributed by atoms with E-state index >= 15 is 0 Å². The highest BCUT2D eigenvalue weighted by Crippen LogP contribution is 2.36. The van der Waals surface area contributed by atoms with Crippen LogP contribution in [0, 0.1) is 6.92 Å². The average Bonchev–Trinajstić information content (AvgIpc) is 2.84. The third kappa shape index (κ3) is 3.34. The summed E-state index contributed by atoms with van der Waals surface area (Å²) in [5.74, 6) is 0.223. The van der Waals surface area contributed by atoms with Gasteiger partial charge in [0.05, 0.1) is 11.5 Å². The van der Waals surface area contributed by atoms with E-state index in [0.29, 0.717) is 15.5 Å². The van der Waals surface area contributed by atoms with Crippen LogP contribution in [0.5, 0.6) is 0 Å². The highest BCUT2D eigenvalue weighted by atomic mass is 35.5. The molecular weight excluding hydrogens is 346 g/mol. The minimum atomic E-state index is -0.354. The zero-order valence-corrected chi connectivity index (χ0v) is 15.0. The molecule has 24 heavy (non-hydrogen) atoms. The van der Waals surface area contributed by atoms with Crippen molar-refractivity contribution in [3.05, 3.63) is 46.1 Å². The molecule has 0 bridgehead atoms. The highest BCUT2D eigenvalue weighted by Gasteiger charge is 2.22.